The second-order valence-electron chi connectivity index (χ2n) is 5.08. The van der Waals surface area contributed by atoms with E-state index in [1.54, 1.807) is 6.20 Å². The summed E-state index contributed by atoms with van der Waals surface area (Å²) in [6.45, 7) is 1.52. The van der Waals surface area contributed by atoms with Gasteiger partial charge >= 0.3 is 0 Å². The van der Waals surface area contributed by atoms with Gasteiger partial charge in [0.15, 0.2) is 0 Å². The molecule has 94 valence electrons. The molecule has 3 nitrogen and oxygen atoms in total. The molecule has 0 N–H and O–H groups in total. The van der Waals surface area contributed by atoms with Crippen molar-refractivity contribution in [2.24, 2.45) is 0 Å². The van der Waals surface area contributed by atoms with E-state index in [1.165, 1.54) is 31.3 Å². The Morgan fingerprint density at radius 1 is 1.33 bits per heavy atom. The lowest BCUT2D eigenvalue weighted by Gasteiger charge is -2.18. The first-order valence-corrected chi connectivity index (χ1v) is 6.75. The van der Waals surface area contributed by atoms with Crippen LogP contribution in [0.1, 0.15) is 48.2 Å². The molecule has 0 radical (unpaired) electrons. The number of hydrogen-bond donors (Lipinski definition) is 0. The van der Waals surface area contributed by atoms with Crippen LogP contribution in [0, 0.1) is 0 Å². The summed E-state index contributed by atoms with van der Waals surface area (Å²) in [4.78, 5) is 18.3. The minimum Gasteiger partial charge on any atom is -0.332 e. The summed E-state index contributed by atoms with van der Waals surface area (Å²) >= 11 is 0. The number of pyridine rings is 1. The van der Waals surface area contributed by atoms with Gasteiger partial charge in [0, 0.05) is 12.7 Å². The van der Waals surface area contributed by atoms with Crippen LogP contribution < -0.4 is 0 Å². The molecular formula is C15H18N2O. The summed E-state index contributed by atoms with van der Waals surface area (Å²) in [5.41, 5.74) is 3.24. The predicted molar refractivity (Wildman–Crippen MR) is 70.1 cm³/mol. The highest BCUT2D eigenvalue weighted by atomic mass is 16.2. The van der Waals surface area contributed by atoms with Crippen LogP contribution in [-0.4, -0.2) is 22.3 Å². The first kappa shape index (κ1) is 11.5. The Kier molecular flexibility index (Phi) is 3.13. The van der Waals surface area contributed by atoms with E-state index in [-0.39, 0.29) is 5.91 Å². The first-order valence-electron chi connectivity index (χ1n) is 6.75. The molecule has 0 saturated carbocycles. The van der Waals surface area contributed by atoms with Crippen molar-refractivity contribution in [1.82, 2.24) is 9.88 Å². The monoisotopic (exact) mass is 242 g/mol. The van der Waals surface area contributed by atoms with Crippen LogP contribution in [0.3, 0.4) is 0 Å². The largest absolute Gasteiger partial charge is 0.332 e. The van der Waals surface area contributed by atoms with E-state index in [0.717, 1.165) is 24.2 Å². The molecule has 0 atom stereocenters. The minimum absolute atomic E-state index is 0.148. The average molecular weight is 242 g/mol. The molecule has 0 unspecified atom stereocenters. The Bertz CT molecular complexity index is 493. The van der Waals surface area contributed by atoms with E-state index in [4.69, 9.17) is 0 Å². The molecule has 0 fully saturated rings. The van der Waals surface area contributed by atoms with Gasteiger partial charge in [-0.25, -0.2) is 0 Å². The maximum Gasteiger partial charge on any atom is 0.256 e. The number of amides is 1. The lowest BCUT2D eigenvalue weighted by atomic mass is 9.97. The fraction of sp³-hybridized carbons (Fsp3) is 0.467. The van der Waals surface area contributed by atoms with E-state index in [1.807, 2.05) is 17.0 Å². The summed E-state index contributed by atoms with van der Waals surface area (Å²) in [7, 11) is 0. The van der Waals surface area contributed by atoms with E-state index < -0.39 is 0 Å². The van der Waals surface area contributed by atoms with Gasteiger partial charge in [0.1, 0.15) is 0 Å². The molecule has 18 heavy (non-hydrogen) atoms. The number of carbonyl (C=O) groups excluding carboxylic acids is 1. The van der Waals surface area contributed by atoms with E-state index in [2.05, 4.69) is 11.1 Å². The number of fused-ring (bicyclic) bond motifs is 1. The highest BCUT2D eigenvalue weighted by Crippen LogP contribution is 2.24. The summed E-state index contributed by atoms with van der Waals surface area (Å²) in [5, 5.41) is 0. The van der Waals surface area contributed by atoms with E-state index in [0.29, 0.717) is 6.54 Å². The number of nitrogens with zero attached hydrogens (tertiary/aromatic N) is 2. The second kappa shape index (κ2) is 4.92. The molecule has 2 aliphatic rings. The van der Waals surface area contributed by atoms with Crippen molar-refractivity contribution in [3.05, 3.63) is 41.2 Å². The minimum atomic E-state index is 0.148. The molecule has 0 bridgehead atoms. The highest BCUT2D eigenvalue weighted by molar-refractivity contribution is 5.97. The SMILES string of the molecule is O=C1c2cccnc2CN1CCC1=CCCCC1. The molecule has 0 spiro atoms. The summed E-state index contributed by atoms with van der Waals surface area (Å²) in [6.07, 6.45) is 10.2. The van der Waals surface area contributed by atoms with Crippen molar-refractivity contribution < 1.29 is 4.79 Å². The quantitative estimate of drug-likeness (QED) is 0.763. The molecule has 0 aromatic carbocycles. The summed E-state index contributed by atoms with van der Waals surface area (Å²) < 4.78 is 0. The Hall–Kier alpha value is -1.64. The van der Waals surface area contributed by atoms with Crippen LogP contribution in [0.4, 0.5) is 0 Å². The molecular weight excluding hydrogens is 224 g/mol. The molecule has 1 aliphatic heterocycles. The number of aromatic nitrogens is 1. The maximum absolute atomic E-state index is 12.1. The smallest absolute Gasteiger partial charge is 0.256 e. The fourth-order valence-corrected chi connectivity index (χ4v) is 2.77. The molecule has 1 aromatic rings. The van der Waals surface area contributed by atoms with Gasteiger partial charge < -0.3 is 4.90 Å². The molecule has 3 heteroatoms. The van der Waals surface area contributed by atoms with Crippen molar-refractivity contribution in [2.75, 3.05) is 6.54 Å². The standard InChI is InChI=1S/C15H18N2O/c18-15-13-7-4-9-16-14(13)11-17(15)10-8-12-5-2-1-3-6-12/h4-5,7,9H,1-3,6,8,10-11H2. The van der Waals surface area contributed by atoms with Crippen LogP contribution >= 0.6 is 0 Å². The zero-order chi connectivity index (χ0) is 12.4. The number of allylic oxidation sites excluding steroid dienone is 1. The van der Waals surface area contributed by atoms with E-state index in [9.17, 15) is 4.79 Å². The zero-order valence-electron chi connectivity index (χ0n) is 10.6. The van der Waals surface area contributed by atoms with Crippen LogP contribution in [0.5, 0.6) is 0 Å². The Labute approximate surface area is 108 Å². The summed E-state index contributed by atoms with van der Waals surface area (Å²) in [6, 6.07) is 3.72. The number of carbonyl (C=O) groups is 1. The van der Waals surface area contributed by atoms with Gasteiger partial charge in [0.25, 0.3) is 5.91 Å². The summed E-state index contributed by atoms with van der Waals surface area (Å²) in [5.74, 6) is 0.148. The molecule has 1 aromatic heterocycles. The van der Waals surface area contributed by atoms with Gasteiger partial charge in [-0.3, -0.25) is 9.78 Å². The van der Waals surface area contributed by atoms with Crippen molar-refractivity contribution in [3.63, 3.8) is 0 Å². The third-order valence-corrected chi connectivity index (χ3v) is 3.84. The third kappa shape index (κ3) is 2.17. The molecule has 3 rings (SSSR count). The van der Waals surface area contributed by atoms with Crippen molar-refractivity contribution in [2.45, 2.75) is 38.6 Å². The third-order valence-electron chi connectivity index (χ3n) is 3.84. The van der Waals surface area contributed by atoms with Crippen LogP contribution in [0.15, 0.2) is 30.0 Å². The first-order chi connectivity index (χ1) is 8.84. The Balaban J connectivity index is 1.63. The molecule has 1 aliphatic carbocycles. The van der Waals surface area contributed by atoms with Crippen LogP contribution in [0.2, 0.25) is 0 Å². The predicted octanol–water partition coefficient (Wildman–Crippen LogP) is 2.93. The topological polar surface area (TPSA) is 33.2 Å². The number of hydrogen-bond acceptors (Lipinski definition) is 2. The molecule has 2 heterocycles. The molecule has 1 amide bonds. The highest BCUT2D eigenvalue weighted by Gasteiger charge is 2.27. The lowest BCUT2D eigenvalue weighted by Crippen LogP contribution is -2.25. The van der Waals surface area contributed by atoms with Crippen LogP contribution in [-0.2, 0) is 6.54 Å². The Morgan fingerprint density at radius 3 is 3.06 bits per heavy atom. The molecule has 0 saturated heterocycles. The van der Waals surface area contributed by atoms with Crippen molar-refractivity contribution >= 4 is 5.91 Å². The van der Waals surface area contributed by atoms with Crippen molar-refractivity contribution in [3.8, 4) is 0 Å². The lowest BCUT2D eigenvalue weighted by molar-refractivity contribution is 0.0779. The van der Waals surface area contributed by atoms with Gasteiger partial charge in [0.05, 0.1) is 17.8 Å². The zero-order valence-corrected chi connectivity index (χ0v) is 10.6. The van der Waals surface area contributed by atoms with Crippen molar-refractivity contribution in [1.29, 1.82) is 0 Å². The van der Waals surface area contributed by atoms with E-state index >= 15 is 0 Å². The second-order valence-corrected chi connectivity index (χ2v) is 5.08. The Morgan fingerprint density at radius 2 is 2.28 bits per heavy atom. The number of rotatable bonds is 3. The van der Waals surface area contributed by atoms with Gasteiger partial charge in [0.2, 0.25) is 0 Å². The maximum atomic E-state index is 12.1. The average Bonchev–Trinajstić information content (AvgIpc) is 2.75. The van der Waals surface area contributed by atoms with Crippen LogP contribution in [0.25, 0.3) is 0 Å². The van der Waals surface area contributed by atoms with Gasteiger partial charge in [-0.1, -0.05) is 11.6 Å². The fourth-order valence-electron chi connectivity index (χ4n) is 2.77. The van der Waals surface area contributed by atoms with Gasteiger partial charge in [-0.2, -0.15) is 0 Å². The normalized spacial score (nSPS) is 18.8. The van der Waals surface area contributed by atoms with Gasteiger partial charge in [-0.05, 0) is 44.2 Å². The van der Waals surface area contributed by atoms with Gasteiger partial charge in [-0.15, -0.1) is 0 Å².